The van der Waals surface area contributed by atoms with E-state index in [1.807, 2.05) is 0 Å². The molecule has 112 valence electrons. The molecule has 3 heterocycles. The Labute approximate surface area is 121 Å². The first-order valence-electron chi connectivity index (χ1n) is 6.88. The van der Waals surface area contributed by atoms with Gasteiger partial charge in [-0.2, -0.15) is 4.98 Å². The summed E-state index contributed by atoms with van der Waals surface area (Å²) < 4.78 is 15.9. The lowest BCUT2D eigenvalue weighted by atomic mass is 10.1. The Balaban J connectivity index is 1.59. The third-order valence-corrected chi connectivity index (χ3v) is 3.28. The van der Waals surface area contributed by atoms with Gasteiger partial charge in [-0.05, 0) is 32.0 Å². The van der Waals surface area contributed by atoms with E-state index in [1.54, 1.807) is 12.1 Å². The maximum absolute atomic E-state index is 5.76. The molecule has 1 fully saturated rings. The third kappa shape index (κ3) is 3.53. The molecule has 2 aromatic heterocycles. The van der Waals surface area contributed by atoms with Crippen LogP contribution in [-0.2, 0) is 11.3 Å². The van der Waals surface area contributed by atoms with Crippen LogP contribution in [0.1, 0.15) is 18.7 Å². The Bertz CT molecular complexity index is 565. The van der Waals surface area contributed by atoms with Crippen molar-refractivity contribution in [2.45, 2.75) is 25.6 Å². The van der Waals surface area contributed by atoms with E-state index in [-0.39, 0.29) is 6.10 Å². The normalized spacial score (nSPS) is 16.0. The van der Waals surface area contributed by atoms with Crippen molar-refractivity contribution in [3.05, 3.63) is 18.0 Å². The molecule has 0 amide bonds. The molecule has 0 bridgehead atoms. The molecular formula is C13H17N5O3. The van der Waals surface area contributed by atoms with Crippen LogP contribution in [0, 0.1) is 0 Å². The molecule has 0 unspecified atom stereocenters. The molecule has 0 atom stereocenters. The van der Waals surface area contributed by atoms with Gasteiger partial charge in [0.25, 0.3) is 5.89 Å². The summed E-state index contributed by atoms with van der Waals surface area (Å²) >= 11 is 0. The van der Waals surface area contributed by atoms with Crippen LogP contribution in [0.15, 0.2) is 16.7 Å². The van der Waals surface area contributed by atoms with Crippen LogP contribution in [0.2, 0.25) is 0 Å². The predicted octanol–water partition coefficient (Wildman–Crippen LogP) is 0.804. The van der Waals surface area contributed by atoms with Crippen molar-refractivity contribution in [2.75, 3.05) is 20.2 Å². The van der Waals surface area contributed by atoms with Crippen molar-refractivity contribution in [2.24, 2.45) is 0 Å². The van der Waals surface area contributed by atoms with E-state index < -0.39 is 0 Å². The van der Waals surface area contributed by atoms with E-state index in [1.165, 1.54) is 7.11 Å². The highest BCUT2D eigenvalue weighted by molar-refractivity contribution is 5.47. The number of hydrogen-bond donors (Lipinski definition) is 1. The van der Waals surface area contributed by atoms with E-state index in [0.717, 1.165) is 25.9 Å². The number of nitrogens with one attached hydrogen (secondary N) is 1. The van der Waals surface area contributed by atoms with Gasteiger partial charge in [-0.15, -0.1) is 10.2 Å². The summed E-state index contributed by atoms with van der Waals surface area (Å²) in [4.78, 5) is 4.26. The largest absolute Gasteiger partial charge is 0.480 e. The van der Waals surface area contributed by atoms with Crippen molar-refractivity contribution >= 4 is 0 Å². The average molecular weight is 291 g/mol. The minimum Gasteiger partial charge on any atom is -0.480 e. The van der Waals surface area contributed by atoms with Crippen LogP contribution in [-0.4, -0.2) is 46.6 Å². The molecule has 1 aliphatic heterocycles. The topological polar surface area (TPSA) is 95.2 Å². The Hall–Kier alpha value is -2.06. The first-order valence-corrected chi connectivity index (χ1v) is 6.88. The van der Waals surface area contributed by atoms with Crippen LogP contribution in [0.5, 0.6) is 5.88 Å². The molecule has 21 heavy (non-hydrogen) atoms. The van der Waals surface area contributed by atoms with Crippen molar-refractivity contribution in [1.82, 2.24) is 25.7 Å². The van der Waals surface area contributed by atoms with Gasteiger partial charge in [0.15, 0.2) is 0 Å². The van der Waals surface area contributed by atoms with E-state index in [4.69, 9.17) is 14.0 Å². The number of piperidine rings is 1. The predicted molar refractivity (Wildman–Crippen MR) is 72.6 cm³/mol. The van der Waals surface area contributed by atoms with E-state index >= 15 is 0 Å². The zero-order chi connectivity index (χ0) is 14.5. The second-order valence-corrected chi connectivity index (χ2v) is 4.73. The molecule has 0 spiro atoms. The molecule has 0 saturated carbocycles. The summed E-state index contributed by atoms with van der Waals surface area (Å²) in [7, 11) is 1.54. The average Bonchev–Trinajstić information content (AvgIpc) is 3.03. The van der Waals surface area contributed by atoms with Gasteiger partial charge in [-0.3, -0.25) is 0 Å². The van der Waals surface area contributed by atoms with Crippen molar-refractivity contribution in [3.8, 4) is 17.4 Å². The Kier molecular flexibility index (Phi) is 4.37. The van der Waals surface area contributed by atoms with Crippen LogP contribution in [0.3, 0.4) is 0 Å². The minimum absolute atomic E-state index is 0.252. The van der Waals surface area contributed by atoms with E-state index in [0.29, 0.717) is 29.9 Å². The zero-order valence-electron chi connectivity index (χ0n) is 11.8. The summed E-state index contributed by atoms with van der Waals surface area (Å²) in [5.74, 6) is 1.28. The lowest BCUT2D eigenvalue weighted by Crippen LogP contribution is -2.32. The van der Waals surface area contributed by atoms with Crippen LogP contribution >= 0.6 is 0 Å². The van der Waals surface area contributed by atoms with Crippen LogP contribution < -0.4 is 10.1 Å². The quantitative estimate of drug-likeness (QED) is 0.864. The lowest BCUT2D eigenvalue weighted by Gasteiger charge is -2.21. The van der Waals surface area contributed by atoms with Gasteiger partial charge in [-0.1, -0.05) is 5.16 Å². The highest BCUT2D eigenvalue weighted by atomic mass is 16.5. The molecule has 1 saturated heterocycles. The number of aromatic nitrogens is 4. The number of hydrogen-bond acceptors (Lipinski definition) is 8. The molecule has 0 aliphatic carbocycles. The molecule has 3 rings (SSSR count). The van der Waals surface area contributed by atoms with Crippen LogP contribution in [0.4, 0.5) is 0 Å². The van der Waals surface area contributed by atoms with Gasteiger partial charge in [0, 0.05) is 6.07 Å². The SMILES string of the molecule is COc1ccc(-c2noc(COC3CCNCC3)n2)nn1. The Morgan fingerprint density at radius 1 is 1.29 bits per heavy atom. The Morgan fingerprint density at radius 2 is 2.14 bits per heavy atom. The lowest BCUT2D eigenvalue weighted by molar-refractivity contribution is 0.00859. The van der Waals surface area contributed by atoms with Gasteiger partial charge in [-0.25, -0.2) is 0 Å². The summed E-state index contributed by atoms with van der Waals surface area (Å²) in [6.45, 7) is 2.30. The summed E-state index contributed by atoms with van der Waals surface area (Å²) in [5.41, 5.74) is 0.535. The monoisotopic (exact) mass is 291 g/mol. The van der Waals surface area contributed by atoms with Crippen molar-refractivity contribution in [1.29, 1.82) is 0 Å². The highest BCUT2D eigenvalue weighted by Gasteiger charge is 2.16. The number of rotatable bonds is 5. The molecule has 8 nitrogen and oxygen atoms in total. The van der Waals surface area contributed by atoms with Crippen molar-refractivity contribution in [3.63, 3.8) is 0 Å². The molecule has 1 N–H and O–H groups in total. The Morgan fingerprint density at radius 3 is 2.86 bits per heavy atom. The second kappa shape index (κ2) is 6.59. The maximum Gasteiger partial charge on any atom is 0.253 e. The fraction of sp³-hybridized carbons (Fsp3) is 0.538. The molecule has 1 aliphatic rings. The summed E-state index contributed by atoms with van der Waals surface area (Å²) in [5, 5.41) is 15.0. The zero-order valence-corrected chi connectivity index (χ0v) is 11.8. The number of ether oxygens (including phenoxy) is 2. The summed E-state index contributed by atoms with van der Waals surface area (Å²) in [6, 6.07) is 3.43. The standard InChI is InChI=1S/C13H17N5O3/c1-19-11-3-2-10(16-17-11)13-15-12(21-18-13)8-20-9-4-6-14-7-5-9/h2-3,9,14H,4-8H2,1H3. The van der Waals surface area contributed by atoms with E-state index in [9.17, 15) is 0 Å². The smallest absolute Gasteiger partial charge is 0.253 e. The van der Waals surface area contributed by atoms with Gasteiger partial charge in [0.2, 0.25) is 11.7 Å². The van der Waals surface area contributed by atoms with Gasteiger partial charge < -0.3 is 19.3 Å². The van der Waals surface area contributed by atoms with Gasteiger partial charge in [0.05, 0.1) is 13.2 Å². The molecule has 2 aromatic rings. The molecule has 0 radical (unpaired) electrons. The molecular weight excluding hydrogens is 274 g/mol. The minimum atomic E-state index is 0.252. The van der Waals surface area contributed by atoms with Gasteiger partial charge >= 0.3 is 0 Å². The first-order chi connectivity index (χ1) is 10.3. The van der Waals surface area contributed by atoms with E-state index in [2.05, 4.69) is 25.7 Å². The van der Waals surface area contributed by atoms with Crippen molar-refractivity contribution < 1.29 is 14.0 Å². The molecule has 0 aromatic carbocycles. The fourth-order valence-corrected chi connectivity index (χ4v) is 2.12. The van der Waals surface area contributed by atoms with Crippen LogP contribution in [0.25, 0.3) is 11.5 Å². The second-order valence-electron chi connectivity index (χ2n) is 4.73. The first kappa shape index (κ1) is 13.9. The summed E-state index contributed by atoms with van der Waals surface area (Å²) in [6.07, 6.45) is 2.26. The highest BCUT2D eigenvalue weighted by Crippen LogP contribution is 2.16. The molecule has 8 heteroatoms. The number of nitrogens with zero attached hydrogens (tertiary/aromatic N) is 4. The van der Waals surface area contributed by atoms with Gasteiger partial charge in [0.1, 0.15) is 12.3 Å². The maximum atomic E-state index is 5.76. The number of methoxy groups -OCH3 is 1. The fourth-order valence-electron chi connectivity index (χ4n) is 2.12. The third-order valence-electron chi connectivity index (χ3n) is 3.28.